The number of halogens is 1. The first-order valence-electron chi connectivity index (χ1n) is 4.80. The standard InChI is InChI=1S/C12H11FN2O/c1-8-3-2-4-11(12(8)13)16-10-5-9(14)6-15-7-10/h2-7H,14H2,1H3. The Bertz CT molecular complexity index is 514. The van der Waals surface area contributed by atoms with Gasteiger partial charge in [-0.25, -0.2) is 4.39 Å². The Morgan fingerprint density at radius 1 is 1.31 bits per heavy atom. The summed E-state index contributed by atoms with van der Waals surface area (Å²) < 4.78 is 19.0. The number of aromatic nitrogens is 1. The molecule has 0 aliphatic heterocycles. The van der Waals surface area contributed by atoms with Gasteiger partial charge in [0.1, 0.15) is 5.75 Å². The lowest BCUT2D eigenvalue weighted by molar-refractivity contribution is 0.438. The second kappa shape index (κ2) is 4.18. The van der Waals surface area contributed by atoms with E-state index in [1.807, 2.05) is 0 Å². The van der Waals surface area contributed by atoms with Crippen LogP contribution in [-0.2, 0) is 0 Å². The Hall–Kier alpha value is -2.10. The molecule has 2 aromatic rings. The van der Waals surface area contributed by atoms with E-state index in [1.165, 1.54) is 12.4 Å². The molecule has 1 heterocycles. The predicted octanol–water partition coefficient (Wildman–Crippen LogP) is 2.90. The second-order valence-electron chi connectivity index (χ2n) is 3.44. The second-order valence-corrected chi connectivity index (χ2v) is 3.44. The van der Waals surface area contributed by atoms with Crippen LogP contribution in [0.5, 0.6) is 11.5 Å². The van der Waals surface area contributed by atoms with Crippen molar-refractivity contribution in [3.8, 4) is 11.5 Å². The summed E-state index contributed by atoms with van der Waals surface area (Å²) in [6.07, 6.45) is 2.98. The zero-order valence-corrected chi connectivity index (χ0v) is 8.77. The molecule has 2 N–H and O–H groups in total. The van der Waals surface area contributed by atoms with Gasteiger partial charge < -0.3 is 10.5 Å². The quantitative estimate of drug-likeness (QED) is 0.843. The number of hydrogen-bond acceptors (Lipinski definition) is 3. The SMILES string of the molecule is Cc1cccc(Oc2cncc(N)c2)c1F. The summed E-state index contributed by atoms with van der Waals surface area (Å²) in [5, 5.41) is 0. The highest BCUT2D eigenvalue weighted by Gasteiger charge is 2.07. The van der Waals surface area contributed by atoms with Crippen molar-refractivity contribution in [1.82, 2.24) is 4.98 Å². The minimum absolute atomic E-state index is 0.174. The van der Waals surface area contributed by atoms with E-state index in [1.54, 1.807) is 31.2 Å². The van der Waals surface area contributed by atoms with E-state index < -0.39 is 0 Å². The molecule has 2 rings (SSSR count). The zero-order valence-electron chi connectivity index (χ0n) is 8.77. The van der Waals surface area contributed by atoms with E-state index in [9.17, 15) is 4.39 Å². The maximum Gasteiger partial charge on any atom is 0.168 e. The van der Waals surface area contributed by atoms with Crippen LogP contribution in [-0.4, -0.2) is 4.98 Å². The molecule has 16 heavy (non-hydrogen) atoms. The van der Waals surface area contributed by atoms with E-state index in [2.05, 4.69) is 4.98 Å². The summed E-state index contributed by atoms with van der Waals surface area (Å²) in [6.45, 7) is 1.68. The number of benzene rings is 1. The van der Waals surface area contributed by atoms with Gasteiger partial charge in [-0.1, -0.05) is 12.1 Å². The van der Waals surface area contributed by atoms with Gasteiger partial charge in [0, 0.05) is 6.07 Å². The van der Waals surface area contributed by atoms with E-state index in [4.69, 9.17) is 10.5 Å². The molecule has 0 atom stereocenters. The van der Waals surface area contributed by atoms with Crippen LogP contribution in [0.2, 0.25) is 0 Å². The highest BCUT2D eigenvalue weighted by atomic mass is 19.1. The average molecular weight is 218 g/mol. The van der Waals surface area contributed by atoms with Crippen molar-refractivity contribution in [2.45, 2.75) is 6.92 Å². The highest BCUT2D eigenvalue weighted by Crippen LogP contribution is 2.26. The third-order valence-electron chi connectivity index (χ3n) is 2.12. The number of ether oxygens (including phenoxy) is 1. The summed E-state index contributed by atoms with van der Waals surface area (Å²) in [5.41, 5.74) is 6.56. The number of pyridine rings is 1. The highest BCUT2D eigenvalue weighted by molar-refractivity contribution is 5.42. The van der Waals surface area contributed by atoms with Crippen molar-refractivity contribution in [2.75, 3.05) is 5.73 Å². The van der Waals surface area contributed by atoms with Crippen LogP contribution in [0.3, 0.4) is 0 Å². The summed E-state index contributed by atoms with van der Waals surface area (Å²) in [6, 6.07) is 6.56. The molecule has 0 saturated carbocycles. The van der Waals surface area contributed by atoms with Crippen LogP contribution in [0.4, 0.5) is 10.1 Å². The molecule has 0 radical (unpaired) electrons. The summed E-state index contributed by atoms with van der Waals surface area (Å²) >= 11 is 0. The van der Waals surface area contributed by atoms with Crippen LogP contribution in [0.15, 0.2) is 36.7 Å². The number of nitrogens with two attached hydrogens (primary N) is 1. The Balaban J connectivity index is 2.31. The van der Waals surface area contributed by atoms with Crippen molar-refractivity contribution < 1.29 is 9.13 Å². The van der Waals surface area contributed by atoms with Gasteiger partial charge in [-0.3, -0.25) is 4.98 Å². The molecular weight excluding hydrogens is 207 g/mol. The monoisotopic (exact) mass is 218 g/mol. The van der Waals surface area contributed by atoms with Gasteiger partial charge in [-0.15, -0.1) is 0 Å². The minimum atomic E-state index is -0.370. The fourth-order valence-corrected chi connectivity index (χ4v) is 1.32. The molecule has 0 spiro atoms. The van der Waals surface area contributed by atoms with Gasteiger partial charge in [0.15, 0.2) is 11.6 Å². The summed E-state index contributed by atoms with van der Waals surface area (Å²) in [4.78, 5) is 3.86. The van der Waals surface area contributed by atoms with Crippen LogP contribution >= 0.6 is 0 Å². The van der Waals surface area contributed by atoms with Crippen molar-refractivity contribution in [1.29, 1.82) is 0 Å². The Morgan fingerprint density at radius 3 is 2.88 bits per heavy atom. The van der Waals surface area contributed by atoms with Gasteiger partial charge in [0.05, 0.1) is 18.1 Å². The number of nitrogens with zero attached hydrogens (tertiary/aromatic N) is 1. The average Bonchev–Trinajstić information content (AvgIpc) is 2.25. The van der Waals surface area contributed by atoms with Crippen molar-refractivity contribution in [2.24, 2.45) is 0 Å². The van der Waals surface area contributed by atoms with Crippen molar-refractivity contribution in [3.63, 3.8) is 0 Å². The maximum atomic E-state index is 13.6. The molecule has 0 fully saturated rings. The number of anilines is 1. The van der Waals surface area contributed by atoms with Gasteiger partial charge in [0.2, 0.25) is 0 Å². The molecule has 1 aromatic carbocycles. The van der Waals surface area contributed by atoms with Crippen molar-refractivity contribution in [3.05, 3.63) is 48.0 Å². The summed E-state index contributed by atoms with van der Waals surface area (Å²) in [7, 11) is 0. The van der Waals surface area contributed by atoms with E-state index in [-0.39, 0.29) is 11.6 Å². The first-order valence-corrected chi connectivity index (χ1v) is 4.80. The van der Waals surface area contributed by atoms with Crippen LogP contribution in [0.25, 0.3) is 0 Å². The van der Waals surface area contributed by atoms with Crippen LogP contribution < -0.4 is 10.5 Å². The smallest absolute Gasteiger partial charge is 0.168 e. The van der Waals surface area contributed by atoms with Crippen molar-refractivity contribution >= 4 is 5.69 Å². The fourth-order valence-electron chi connectivity index (χ4n) is 1.32. The molecule has 1 aromatic heterocycles. The maximum absolute atomic E-state index is 13.6. The Morgan fingerprint density at radius 2 is 2.12 bits per heavy atom. The van der Waals surface area contributed by atoms with Crippen LogP contribution in [0.1, 0.15) is 5.56 Å². The molecular formula is C12H11FN2O. The molecule has 0 aliphatic carbocycles. The Labute approximate surface area is 92.7 Å². The van der Waals surface area contributed by atoms with Gasteiger partial charge in [-0.05, 0) is 18.6 Å². The molecule has 82 valence electrons. The molecule has 0 bridgehead atoms. The third-order valence-corrected chi connectivity index (χ3v) is 2.12. The topological polar surface area (TPSA) is 48.1 Å². The first-order chi connectivity index (χ1) is 7.66. The molecule has 0 amide bonds. The predicted molar refractivity (Wildman–Crippen MR) is 59.9 cm³/mol. The van der Waals surface area contributed by atoms with Gasteiger partial charge >= 0.3 is 0 Å². The van der Waals surface area contributed by atoms with E-state index in [0.29, 0.717) is 17.0 Å². The lowest BCUT2D eigenvalue weighted by atomic mass is 10.2. The number of hydrogen-bond donors (Lipinski definition) is 1. The van der Waals surface area contributed by atoms with E-state index >= 15 is 0 Å². The first kappa shape index (κ1) is 10.4. The molecule has 0 aliphatic rings. The number of aryl methyl sites for hydroxylation is 1. The van der Waals surface area contributed by atoms with Gasteiger partial charge in [-0.2, -0.15) is 0 Å². The molecule has 4 heteroatoms. The zero-order chi connectivity index (χ0) is 11.5. The minimum Gasteiger partial charge on any atom is -0.453 e. The van der Waals surface area contributed by atoms with Crippen LogP contribution in [0, 0.1) is 12.7 Å². The van der Waals surface area contributed by atoms with Gasteiger partial charge in [0.25, 0.3) is 0 Å². The lowest BCUT2D eigenvalue weighted by Gasteiger charge is -2.07. The largest absolute Gasteiger partial charge is 0.453 e. The fraction of sp³-hybridized carbons (Fsp3) is 0.0833. The third kappa shape index (κ3) is 2.11. The summed E-state index contributed by atoms with van der Waals surface area (Å²) in [5.74, 6) is 0.224. The molecule has 3 nitrogen and oxygen atoms in total. The molecule has 0 saturated heterocycles. The number of nitrogen functional groups attached to an aromatic ring is 1. The lowest BCUT2D eigenvalue weighted by Crippen LogP contribution is -1.93. The normalized spacial score (nSPS) is 10.1. The number of rotatable bonds is 2. The Kier molecular flexibility index (Phi) is 2.72. The molecule has 0 unspecified atom stereocenters. The van der Waals surface area contributed by atoms with E-state index in [0.717, 1.165) is 0 Å².